The number of rotatable bonds is 17. The molecule has 0 heterocycles. The summed E-state index contributed by atoms with van der Waals surface area (Å²) in [6.07, 6.45) is 20.1. The summed E-state index contributed by atoms with van der Waals surface area (Å²) in [5, 5.41) is 8.56. The smallest absolute Gasteiger partial charge is 0.303 e. The summed E-state index contributed by atoms with van der Waals surface area (Å²) in [6.45, 7) is 4.68. The van der Waals surface area contributed by atoms with E-state index in [4.69, 9.17) is 5.11 Å². The molecule has 0 aliphatic heterocycles. The van der Waals surface area contributed by atoms with E-state index in [0.717, 1.165) is 18.8 Å². The van der Waals surface area contributed by atoms with Gasteiger partial charge in [-0.25, -0.2) is 0 Å². The lowest BCUT2D eigenvalue weighted by atomic mass is 9.96. The predicted molar refractivity (Wildman–Crippen MR) is 96.3 cm³/mol. The molecule has 0 aliphatic rings. The van der Waals surface area contributed by atoms with Gasteiger partial charge in [-0.2, -0.15) is 0 Å². The third-order valence-corrected chi connectivity index (χ3v) is 4.64. The Labute approximate surface area is 139 Å². The molecule has 0 aromatic carbocycles. The van der Waals surface area contributed by atoms with E-state index in [1.165, 1.54) is 83.5 Å². The van der Waals surface area contributed by atoms with E-state index in [0.29, 0.717) is 6.42 Å². The van der Waals surface area contributed by atoms with Crippen LogP contribution in [0.5, 0.6) is 0 Å². The Bertz CT molecular complexity index is 238. The first-order chi connectivity index (χ1) is 10.7. The zero-order chi connectivity index (χ0) is 16.5. The van der Waals surface area contributed by atoms with Crippen LogP contribution < -0.4 is 0 Å². The van der Waals surface area contributed by atoms with E-state index < -0.39 is 5.97 Å². The van der Waals surface area contributed by atoms with Gasteiger partial charge in [0.2, 0.25) is 0 Å². The molecule has 0 rings (SSSR count). The SMILES string of the molecule is CCCCCCCCCC(C)CCCCCCCCC(=O)O. The van der Waals surface area contributed by atoms with Gasteiger partial charge in [-0.05, 0) is 12.3 Å². The summed E-state index contributed by atoms with van der Waals surface area (Å²) in [6, 6.07) is 0. The molecule has 0 spiro atoms. The van der Waals surface area contributed by atoms with Crippen molar-refractivity contribution in [1.82, 2.24) is 0 Å². The van der Waals surface area contributed by atoms with Crippen molar-refractivity contribution in [2.75, 3.05) is 0 Å². The van der Waals surface area contributed by atoms with Gasteiger partial charge in [0.1, 0.15) is 0 Å². The molecule has 2 heteroatoms. The van der Waals surface area contributed by atoms with Gasteiger partial charge in [0.15, 0.2) is 0 Å². The van der Waals surface area contributed by atoms with Gasteiger partial charge in [0.05, 0.1) is 0 Å². The van der Waals surface area contributed by atoms with E-state index in [-0.39, 0.29) is 0 Å². The molecule has 0 saturated heterocycles. The Morgan fingerprint density at radius 3 is 1.59 bits per heavy atom. The summed E-state index contributed by atoms with van der Waals surface area (Å²) in [5.41, 5.74) is 0. The Morgan fingerprint density at radius 1 is 0.727 bits per heavy atom. The molecule has 1 N–H and O–H groups in total. The monoisotopic (exact) mass is 312 g/mol. The van der Waals surface area contributed by atoms with Gasteiger partial charge >= 0.3 is 5.97 Å². The number of aliphatic carboxylic acids is 1. The molecule has 0 radical (unpaired) electrons. The molecule has 1 atom stereocenters. The number of hydrogen-bond donors (Lipinski definition) is 1. The highest BCUT2D eigenvalue weighted by molar-refractivity contribution is 5.66. The standard InChI is InChI=1S/C20H40O2/c1-3-4-5-6-7-10-13-16-19(2)17-14-11-8-9-12-15-18-20(21)22/h19H,3-18H2,1-2H3,(H,21,22). The Balaban J connectivity index is 3.15. The van der Waals surface area contributed by atoms with E-state index >= 15 is 0 Å². The second-order valence-corrected chi connectivity index (χ2v) is 7.07. The summed E-state index contributed by atoms with van der Waals surface area (Å²) in [7, 11) is 0. The van der Waals surface area contributed by atoms with Crippen LogP contribution in [-0.4, -0.2) is 11.1 Å². The van der Waals surface area contributed by atoms with E-state index in [1.807, 2.05) is 0 Å². The Hall–Kier alpha value is -0.530. The van der Waals surface area contributed by atoms with Crippen LogP contribution in [0.25, 0.3) is 0 Å². The van der Waals surface area contributed by atoms with Crippen LogP contribution in [0.2, 0.25) is 0 Å². The van der Waals surface area contributed by atoms with Crippen molar-refractivity contribution < 1.29 is 9.90 Å². The maximum absolute atomic E-state index is 10.4. The number of unbranched alkanes of at least 4 members (excludes halogenated alkanes) is 11. The average Bonchev–Trinajstić information content (AvgIpc) is 2.48. The highest BCUT2D eigenvalue weighted by atomic mass is 16.4. The fourth-order valence-electron chi connectivity index (χ4n) is 3.07. The second kappa shape index (κ2) is 16.8. The fraction of sp³-hybridized carbons (Fsp3) is 0.950. The van der Waals surface area contributed by atoms with Gasteiger partial charge in [0.25, 0.3) is 0 Å². The van der Waals surface area contributed by atoms with Crippen molar-refractivity contribution in [2.45, 2.75) is 117 Å². The van der Waals surface area contributed by atoms with E-state index in [2.05, 4.69) is 13.8 Å². The van der Waals surface area contributed by atoms with Gasteiger partial charge in [-0.3, -0.25) is 4.79 Å². The van der Waals surface area contributed by atoms with Crippen molar-refractivity contribution in [3.05, 3.63) is 0 Å². The minimum Gasteiger partial charge on any atom is -0.481 e. The third kappa shape index (κ3) is 17.5. The molecule has 1 unspecified atom stereocenters. The first-order valence-electron chi connectivity index (χ1n) is 9.88. The lowest BCUT2D eigenvalue weighted by Gasteiger charge is -2.11. The van der Waals surface area contributed by atoms with E-state index in [9.17, 15) is 4.79 Å². The van der Waals surface area contributed by atoms with Crippen molar-refractivity contribution in [3.63, 3.8) is 0 Å². The van der Waals surface area contributed by atoms with Crippen LogP contribution in [0.15, 0.2) is 0 Å². The van der Waals surface area contributed by atoms with Gasteiger partial charge < -0.3 is 5.11 Å². The van der Waals surface area contributed by atoms with Crippen molar-refractivity contribution in [3.8, 4) is 0 Å². The van der Waals surface area contributed by atoms with Crippen LogP contribution >= 0.6 is 0 Å². The highest BCUT2D eigenvalue weighted by Crippen LogP contribution is 2.18. The van der Waals surface area contributed by atoms with Gasteiger partial charge in [-0.15, -0.1) is 0 Å². The molecule has 22 heavy (non-hydrogen) atoms. The molecule has 0 amide bonds. The van der Waals surface area contributed by atoms with Crippen LogP contribution in [0.1, 0.15) is 117 Å². The van der Waals surface area contributed by atoms with Crippen molar-refractivity contribution in [2.24, 2.45) is 5.92 Å². The quantitative estimate of drug-likeness (QED) is 0.294. The summed E-state index contributed by atoms with van der Waals surface area (Å²) < 4.78 is 0. The van der Waals surface area contributed by atoms with Crippen LogP contribution in [0.4, 0.5) is 0 Å². The zero-order valence-corrected chi connectivity index (χ0v) is 15.2. The normalized spacial score (nSPS) is 12.5. The molecule has 132 valence electrons. The van der Waals surface area contributed by atoms with Crippen molar-refractivity contribution >= 4 is 5.97 Å². The second-order valence-electron chi connectivity index (χ2n) is 7.07. The first-order valence-corrected chi connectivity index (χ1v) is 9.88. The first kappa shape index (κ1) is 21.5. The van der Waals surface area contributed by atoms with Gasteiger partial charge in [-0.1, -0.05) is 104 Å². The summed E-state index contributed by atoms with van der Waals surface area (Å²) in [4.78, 5) is 10.4. The van der Waals surface area contributed by atoms with Crippen LogP contribution in [0.3, 0.4) is 0 Å². The van der Waals surface area contributed by atoms with Crippen LogP contribution in [0, 0.1) is 5.92 Å². The summed E-state index contributed by atoms with van der Waals surface area (Å²) in [5.74, 6) is 0.238. The molecule has 0 fully saturated rings. The maximum atomic E-state index is 10.4. The molecular weight excluding hydrogens is 272 g/mol. The Morgan fingerprint density at radius 2 is 1.14 bits per heavy atom. The molecular formula is C20H40O2. The molecule has 0 saturated carbocycles. The number of carboxylic acids is 1. The molecule has 0 aliphatic carbocycles. The highest BCUT2D eigenvalue weighted by Gasteiger charge is 2.02. The largest absolute Gasteiger partial charge is 0.481 e. The minimum atomic E-state index is -0.654. The topological polar surface area (TPSA) is 37.3 Å². The average molecular weight is 313 g/mol. The number of carbonyl (C=O) groups is 1. The summed E-state index contributed by atoms with van der Waals surface area (Å²) >= 11 is 0. The molecule has 2 nitrogen and oxygen atoms in total. The van der Waals surface area contributed by atoms with Crippen LogP contribution in [-0.2, 0) is 4.79 Å². The molecule has 0 bridgehead atoms. The maximum Gasteiger partial charge on any atom is 0.303 e. The third-order valence-electron chi connectivity index (χ3n) is 4.64. The lowest BCUT2D eigenvalue weighted by Crippen LogP contribution is -1.95. The van der Waals surface area contributed by atoms with Gasteiger partial charge in [0, 0.05) is 6.42 Å². The predicted octanol–water partition coefficient (Wildman–Crippen LogP) is 6.97. The number of hydrogen-bond acceptors (Lipinski definition) is 1. The van der Waals surface area contributed by atoms with Crippen molar-refractivity contribution in [1.29, 1.82) is 0 Å². The van der Waals surface area contributed by atoms with E-state index in [1.54, 1.807) is 0 Å². The lowest BCUT2D eigenvalue weighted by molar-refractivity contribution is -0.137. The fourth-order valence-corrected chi connectivity index (χ4v) is 3.07. The molecule has 0 aromatic rings. The Kier molecular flexibility index (Phi) is 16.4. The number of carboxylic acid groups (broad SMARTS) is 1. The zero-order valence-electron chi connectivity index (χ0n) is 15.2. The minimum absolute atomic E-state index is 0.343. The molecule has 0 aromatic heterocycles.